The van der Waals surface area contributed by atoms with E-state index >= 15 is 0 Å². The summed E-state index contributed by atoms with van der Waals surface area (Å²) in [6.45, 7) is 2.37. The van der Waals surface area contributed by atoms with Crippen molar-refractivity contribution in [3.05, 3.63) is 65.5 Å². The largest absolute Gasteiger partial charge is 0.497 e. The Hall–Kier alpha value is -2.60. The van der Waals surface area contributed by atoms with Gasteiger partial charge in [0.25, 0.3) is 0 Å². The maximum Gasteiger partial charge on any atom is 0.317 e. The van der Waals surface area contributed by atoms with E-state index in [1.165, 1.54) is 12.1 Å². The van der Waals surface area contributed by atoms with Gasteiger partial charge in [-0.3, -0.25) is 0 Å². The lowest BCUT2D eigenvalue weighted by atomic mass is 10.1. The Kier molecular flexibility index (Phi) is 7.19. The minimum atomic E-state index is -0.287. The predicted molar refractivity (Wildman–Crippen MR) is 105 cm³/mol. The van der Waals surface area contributed by atoms with Crippen LogP contribution in [0.3, 0.4) is 0 Å². The molecular weight excluding hydrogens is 345 g/mol. The lowest BCUT2D eigenvalue weighted by molar-refractivity contribution is 0.189. The van der Waals surface area contributed by atoms with Crippen molar-refractivity contribution < 1.29 is 13.9 Å². The third-order valence-electron chi connectivity index (χ3n) is 4.80. The molecule has 2 amide bonds. The molecule has 0 aliphatic rings. The van der Waals surface area contributed by atoms with Crippen molar-refractivity contribution in [1.82, 2.24) is 15.1 Å². The summed E-state index contributed by atoms with van der Waals surface area (Å²) in [5.74, 6) is 0.498. The van der Waals surface area contributed by atoms with Crippen LogP contribution in [0.1, 0.15) is 30.1 Å². The third-order valence-corrected chi connectivity index (χ3v) is 4.80. The number of carbonyl (C=O) groups excluding carboxylic acids is 1. The number of ether oxygens (including phenoxy) is 1. The van der Waals surface area contributed by atoms with Crippen molar-refractivity contribution in [2.24, 2.45) is 0 Å². The van der Waals surface area contributed by atoms with Gasteiger partial charge in [-0.25, -0.2) is 9.18 Å². The summed E-state index contributed by atoms with van der Waals surface area (Å²) in [6, 6.07) is 13.7. The fourth-order valence-electron chi connectivity index (χ4n) is 2.90. The molecule has 0 fully saturated rings. The van der Waals surface area contributed by atoms with Crippen LogP contribution in [-0.4, -0.2) is 50.6 Å². The van der Waals surface area contributed by atoms with Gasteiger partial charge in [0.05, 0.1) is 19.2 Å². The first kappa shape index (κ1) is 20.7. The molecule has 27 heavy (non-hydrogen) atoms. The number of urea groups is 1. The summed E-state index contributed by atoms with van der Waals surface area (Å²) < 4.78 is 18.4. The number of halogens is 1. The van der Waals surface area contributed by atoms with Crippen LogP contribution in [0.15, 0.2) is 48.5 Å². The molecule has 0 aliphatic heterocycles. The summed E-state index contributed by atoms with van der Waals surface area (Å²) >= 11 is 0. The van der Waals surface area contributed by atoms with Crippen molar-refractivity contribution >= 4 is 6.03 Å². The second-order valence-corrected chi connectivity index (χ2v) is 6.78. The molecule has 2 rings (SSSR count). The summed E-state index contributed by atoms with van der Waals surface area (Å²) in [4.78, 5) is 16.3. The van der Waals surface area contributed by atoms with Crippen molar-refractivity contribution in [1.29, 1.82) is 0 Å². The summed E-state index contributed by atoms with van der Waals surface area (Å²) in [6.07, 6.45) is 0. The third kappa shape index (κ3) is 5.44. The number of nitrogens with one attached hydrogen (secondary N) is 1. The van der Waals surface area contributed by atoms with Gasteiger partial charge in [0.15, 0.2) is 0 Å². The fraction of sp³-hybridized carbons (Fsp3) is 0.381. The topological polar surface area (TPSA) is 44.8 Å². The van der Waals surface area contributed by atoms with Gasteiger partial charge >= 0.3 is 6.03 Å². The molecule has 0 heterocycles. The van der Waals surface area contributed by atoms with E-state index in [0.717, 1.165) is 16.9 Å². The number of benzene rings is 2. The van der Waals surface area contributed by atoms with Crippen LogP contribution in [0.4, 0.5) is 9.18 Å². The number of rotatable bonds is 7. The Labute approximate surface area is 160 Å². The molecule has 2 aromatic rings. The number of hydrogen-bond acceptors (Lipinski definition) is 3. The van der Waals surface area contributed by atoms with E-state index in [1.807, 2.05) is 45.3 Å². The number of nitrogens with zero attached hydrogens (tertiary/aromatic N) is 2. The zero-order valence-corrected chi connectivity index (χ0v) is 16.6. The molecule has 0 saturated carbocycles. The number of likely N-dealkylation sites (N-methyl/N-ethyl adjacent to an activating group) is 1. The Morgan fingerprint density at radius 2 is 1.78 bits per heavy atom. The summed E-state index contributed by atoms with van der Waals surface area (Å²) in [7, 11) is 7.32. The van der Waals surface area contributed by atoms with Gasteiger partial charge in [-0.05, 0) is 56.4 Å². The number of carbonyl (C=O) groups is 1. The van der Waals surface area contributed by atoms with Crippen LogP contribution in [-0.2, 0) is 0 Å². The molecule has 5 nitrogen and oxygen atoms in total. The highest BCUT2D eigenvalue weighted by atomic mass is 19.1. The van der Waals surface area contributed by atoms with Gasteiger partial charge in [0.2, 0.25) is 0 Å². The predicted octanol–water partition coefficient (Wildman–Crippen LogP) is 3.84. The summed E-state index contributed by atoms with van der Waals surface area (Å²) in [5, 5.41) is 2.99. The normalized spacial score (nSPS) is 13.1. The first-order valence-electron chi connectivity index (χ1n) is 8.90. The molecule has 0 aromatic heterocycles. The van der Waals surface area contributed by atoms with E-state index < -0.39 is 0 Å². The number of amides is 2. The van der Waals surface area contributed by atoms with Crippen LogP contribution in [0.5, 0.6) is 5.75 Å². The van der Waals surface area contributed by atoms with Crippen molar-refractivity contribution in [2.75, 3.05) is 34.8 Å². The number of methoxy groups -OCH3 is 1. The maximum absolute atomic E-state index is 13.1. The van der Waals surface area contributed by atoms with Crippen molar-refractivity contribution in [3.63, 3.8) is 0 Å². The highest BCUT2D eigenvalue weighted by Gasteiger charge is 2.20. The minimum Gasteiger partial charge on any atom is -0.497 e. The van der Waals surface area contributed by atoms with Crippen LogP contribution < -0.4 is 10.1 Å². The van der Waals surface area contributed by atoms with E-state index in [1.54, 1.807) is 31.2 Å². The van der Waals surface area contributed by atoms with Crippen LogP contribution in [0, 0.1) is 5.82 Å². The van der Waals surface area contributed by atoms with Gasteiger partial charge in [-0.1, -0.05) is 24.3 Å². The molecule has 0 spiro atoms. The molecule has 2 aromatic carbocycles. The van der Waals surface area contributed by atoms with Gasteiger partial charge in [-0.2, -0.15) is 0 Å². The van der Waals surface area contributed by atoms with E-state index in [2.05, 4.69) is 10.2 Å². The van der Waals surface area contributed by atoms with E-state index in [0.29, 0.717) is 6.54 Å². The first-order chi connectivity index (χ1) is 12.8. The van der Waals surface area contributed by atoms with E-state index in [4.69, 9.17) is 4.74 Å². The van der Waals surface area contributed by atoms with Gasteiger partial charge < -0.3 is 19.9 Å². The molecule has 2 atom stereocenters. The molecule has 1 N–H and O–H groups in total. The smallest absolute Gasteiger partial charge is 0.317 e. The quantitative estimate of drug-likeness (QED) is 0.802. The van der Waals surface area contributed by atoms with Crippen molar-refractivity contribution in [3.8, 4) is 5.75 Å². The Morgan fingerprint density at radius 3 is 2.37 bits per heavy atom. The van der Waals surface area contributed by atoms with Gasteiger partial charge in [0.1, 0.15) is 11.6 Å². The van der Waals surface area contributed by atoms with E-state index in [-0.39, 0.29) is 23.9 Å². The van der Waals surface area contributed by atoms with Crippen molar-refractivity contribution in [2.45, 2.75) is 19.0 Å². The lowest BCUT2D eigenvalue weighted by Crippen LogP contribution is -2.42. The Bertz CT molecular complexity index is 749. The molecule has 0 unspecified atom stereocenters. The fourth-order valence-corrected chi connectivity index (χ4v) is 2.90. The van der Waals surface area contributed by atoms with E-state index in [9.17, 15) is 9.18 Å². The zero-order chi connectivity index (χ0) is 20.0. The SMILES string of the molecule is COc1cccc([C@@H](CNC(=O)N(C)[C@@H](C)c2ccc(F)cc2)N(C)C)c1. The zero-order valence-electron chi connectivity index (χ0n) is 16.6. The maximum atomic E-state index is 13.1. The van der Waals surface area contributed by atoms with Crippen LogP contribution in [0.25, 0.3) is 0 Å². The molecule has 146 valence electrons. The first-order valence-corrected chi connectivity index (χ1v) is 8.90. The molecule has 0 aliphatic carbocycles. The standard InChI is InChI=1S/C21H28FN3O2/c1-15(16-9-11-18(22)12-10-16)25(4)21(26)23-14-20(24(2)3)17-7-6-8-19(13-17)27-5/h6-13,15,20H,14H2,1-5H3,(H,23,26)/t15-,20+/m0/s1. The molecular formula is C21H28FN3O2. The van der Waals surface area contributed by atoms with Crippen LogP contribution in [0.2, 0.25) is 0 Å². The Morgan fingerprint density at radius 1 is 1.11 bits per heavy atom. The lowest BCUT2D eigenvalue weighted by Gasteiger charge is -2.29. The average molecular weight is 373 g/mol. The van der Waals surface area contributed by atoms with Crippen LogP contribution >= 0.6 is 0 Å². The molecule has 0 radical (unpaired) electrons. The molecule has 0 saturated heterocycles. The molecule has 0 bridgehead atoms. The minimum absolute atomic E-state index is 0.0126. The van der Waals surface area contributed by atoms with Gasteiger partial charge in [0, 0.05) is 13.6 Å². The second kappa shape index (κ2) is 9.37. The number of hydrogen-bond donors (Lipinski definition) is 1. The monoisotopic (exact) mass is 373 g/mol. The molecule has 6 heteroatoms. The van der Waals surface area contributed by atoms with Gasteiger partial charge in [-0.15, -0.1) is 0 Å². The second-order valence-electron chi connectivity index (χ2n) is 6.78. The highest BCUT2D eigenvalue weighted by Crippen LogP contribution is 2.23. The Balaban J connectivity index is 2.03. The highest BCUT2D eigenvalue weighted by molar-refractivity contribution is 5.74. The summed E-state index contributed by atoms with van der Waals surface area (Å²) in [5.41, 5.74) is 1.94. The average Bonchev–Trinajstić information content (AvgIpc) is 2.67.